The SMILES string of the molecule is CCOC(=O)C1CN(C(=O)C(CC(=O)N2CCC(N3Cc4ccccc4NC3=O)CC2)Cc2ccc(Br)c(Br)c2)CCN1C1CCN(C)CC1. The van der Waals surface area contributed by atoms with Crippen LogP contribution in [0.5, 0.6) is 0 Å². The lowest BCUT2D eigenvalue weighted by Crippen LogP contribution is -2.62. The largest absolute Gasteiger partial charge is 0.465 e. The molecule has 0 aromatic heterocycles. The average molecular weight is 817 g/mol. The molecule has 1 N–H and O–H groups in total. The molecule has 0 saturated carbocycles. The molecule has 4 aliphatic heterocycles. The first-order valence-electron chi connectivity index (χ1n) is 17.9. The van der Waals surface area contributed by atoms with Gasteiger partial charge in [0.1, 0.15) is 6.04 Å². The van der Waals surface area contributed by atoms with Gasteiger partial charge in [0.15, 0.2) is 0 Å². The third kappa shape index (κ3) is 8.54. The maximum absolute atomic E-state index is 14.4. The van der Waals surface area contributed by atoms with Gasteiger partial charge in [-0.15, -0.1) is 0 Å². The number of amides is 4. The first kappa shape index (κ1) is 36.8. The molecule has 2 aromatic rings. The number of halogens is 2. The van der Waals surface area contributed by atoms with Crippen LogP contribution in [-0.4, -0.2) is 126 Å². The molecule has 4 aliphatic rings. The van der Waals surface area contributed by atoms with Crippen molar-refractivity contribution in [2.75, 3.05) is 64.8 Å². The summed E-state index contributed by atoms with van der Waals surface area (Å²) in [4.78, 5) is 64.7. The van der Waals surface area contributed by atoms with Gasteiger partial charge in [0.05, 0.1) is 12.5 Å². The molecule has 2 atom stereocenters. The number of benzene rings is 2. The number of ether oxygens (including phenoxy) is 1. The molecule has 4 amide bonds. The van der Waals surface area contributed by atoms with E-state index < -0.39 is 12.0 Å². The van der Waals surface area contributed by atoms with Crippen LogP contribution in [0.2, 0.25) is 0 Å². The van der Waals surface area contributed by atoms with Crippen molar-refractivity contribution in [1.82, 2.24) is 24.5 Å². The molecule has 0 aliphatic carbocycles. The van der Waals surface area contributed by atoms with Crippen molar-refractivity contribution >= 4 is 61.4 Å². The van der Waals surface area contributed by atoms with E-state index in [1.807, 2.05) is 59.2 Å². The van der Waals surface area contributed by atoms with E-state index >= 15 is 0 Å². The highest BCUT2D eigenvalue weighted by molar-refractivity contribution is 9.13. The molecule has 6 rings (SSSR count). The lowest BCUT2D eigenvalue weighted by atomic mass is 9.92. The number of rotatable bonds is 9. The normalized spacial score (nSPS) is 21.8. The third-order valence-corrected chi connectivity index (χ3v) is 12.7. The summed E-state index contributed by atoms with van der Waals surface area (Å²) in [6.45, 7) is 7.00. The number of likely N-dealkylation sites (tertiary alicyclic amines) is 2. The molecule has 0 radical (unpaired) electrons. The quantitative estimate of drug-likeness (QED) is 0.357. The van der Waals surface area contributed by atoms with E-state index in [0.29, 0.717) is 52.0 Å². The fourth-order valence-corrected chi connectivity index (χ4v) is 8.62. The third-order valence-electron chi connectivity index (χ3n) is 10.8. The number of urea groups is 1. The molecule has 50 heavy (non-hydrogen) atoms. The molecule has 3 saturated heterocycles. The van der Waals surface area contributed by atoms with Gasteiger partial charge in [0.2, 0.25) is 11.8 Å². The van der Waals surface area contributed by atoms with Crippen molar-refractivity contribution in [2.24, 2.45) is 5.92 Å². The maximum atomic E-state index is 14.4. The molecule has 13 heteroatoms. The summed E-state index contributed by atoms with van der Waals surface area (Å²) in [5.74, 6) is -1.04. The maximum Gasteiger partial charge on any atom is 0.325 e. The van der Waals surface area contributed by atoms with Crippen molar-refractivity contribution in [1.29, 1.82) is 0 Å². The van der Waals surface area contributed by atoms with Gasteiger partial charge in [-0.25, -0.2) is 4.79 Å². The standard InChI is InChI=1S/C37H48Br2N6O5/c1-3-50-36(48)33-24-43(18-19-44(33)28-10-14-41(2)15-11-28)35(47)27(20-25-8-9-30(38)31(39)21-25)22-34(46)42-16-12-29(13-17-42)45-23-26-6-4-5-7-32(26)40-37(45)49/h4-9,21,27-29,33H,3,10-20,22-24H2,1-2H3,(H,40,49). The molecule has 2 aromatic carbocycles. The van der Waals surface area contributed by atoms with Crippen LogP contribution >= 0.6 is 31.9 Å². The number of piperidine rings is 2. The second-order valence-corrected chi connectivity index (χ2v) is 15.7. The van der Waals surface area contributed by atoms with Crippen LogP contribution < -0.4 is 5.32 Å². The van der Waals surface area contributed by atoms with Crippen molar-refractivity contribution in [3.63, 3.8) is 0 Å². The number of para-hydroxylation sites is 1. The Morgan fingerprint density at radius 2 is 1.62 bits per heavy atom. The van der Waals surface area contributed by atoms with Crippen molar-refractivity contribution in [2.45, 2.75) is 70.1 Å². The Hall–Kier alpha value is -3.00. The highest BCUT2D eigenvalue weighted by atomic mass is 79.9. The zero-order chi connectivity index (χ0) is 35.4. The molecule has 11 nitrogen and oxygen atoms in total. The second-order valence-electron chi connectivity index (χ2n) is 14.0. The van der Waals surface area contributed by atoms with E-state index in [9.17, 15) is 19.2 Å². The van der Waals surface area contributed by atoms with Gasteiger partial charge in [0.25, 0.3) is 0 Å². The minimum atomic E-state index is -0.588. The number of hydrogen-bond acceptors (Lipinski definition) is 7. The Morgan fingerprint density at radius 3 is 2.34 bits per heavy atom. The summed E-state index contributed by atoms with van der Waals surface area (Å²) in [7, 11) is 2.12. The van der Waals surface area contributed by atoms with Gasteiger partial charge in [-0.1, -0.05) is 24.3 Å². The predicted molar refractivity (Wildman–Crippen MR) is 198 cm³/mol. The van der Waals surface area contributed by atoms with Crippen LogP contribution in [0, 0.1) is 5.92 Å². The smallest absolute Gasteiger partial charge is 0.325 e. The molecular formula is C37H48Br2N6O5. The van der Waals surface area contributed by atoms with Crippen LogP contribution in [0.4, 0.5) is 10.5 Å². The molecule has 0 spiro atoms. The van der Waals surface area contributed by atoms with Crippen molar-refractivity contribution in [3.05, 3.63) is 62.5 Å². The summed E-state index contributed by atoms with van der Waals surface area (Å²) in [5.41, 5.74) is 2.89. The van der Waals surface area contributed by atoms with E-state index in [-0.39, 0.29) is 55.5 Å². The Kier molecular flexibility index (Phi) is 12.2. The number of carbonyl (C=O) groups is 4. The minimum absolute atomic E-state index is 0.0330. The lowest BCUT2D eigenvalue weighted by molar-refractivity contribution is -0.157. The van der Waals surface area contributed by atoms with Gasteiger partial charge in [0, 0.05) is 72.4 Å². The summed E-state index contributed by atoms with van der Waals surface area (Å²) in [6, 6.07) is 13.4. The second kappa shape index (κ2) is 16.6. The number of hydrogen-bond donors (Lipinski definition) is 1. The average Bonchev–Trinajstić information content (AvgIpc) is 3.12. The first-order valence-corrected chi connectivity index (χ1v) is 19.5. The molecule has 4 heterocycles. The zero-order valence-electron chi connectivity index (χ0n) is 29.0. The van der Waals surface area contributed by atoms with E-state index in [4.69, 9.17) is 4.74 Å². The van der Waals surface area contributed by atoms with Crippen molar-refractivity contribution < 1.29 is 23.9 Å². The fraction of sp³-hybridized carbons (Fsp3) is 0.568. The molecule has 270 valence electrons. The molecule has 2 unspecified atom stereocenters. The molecule has 0 bridgehead atoms. The van der Waals surface area contributed by atoms with Gasteiger partial charge in [-0.3, -0.25) is 19.3 Å². The summed E-state index contributed by atoms with van der Waals surface area (Å²) in [6.07, 6.45) is 3.79. The van der Waals surface area contributed by atoms with Crippen LogP contribution in [0.15, 0.2) is 51.4 Å². The predicted octanol–water partition coefficient (Wildman–Crippen LogP) is 4.97. The van der Waals surface area contributed by atoms with Crippen LogP contribution in [0.1, 0.15) is 50.2 Å². The van der Waals surface area contributed by atoms with Gasteiger partial charge < -0.3 is 29.7 Å². The zero-order valence-corrected chi connectivity index (χ0v) is 32.2. The molecular weight excluding hydrogens is 768 g/mol. The van der Waals surface area contributed by atoms with E-state index in [0.717, 1.165) is 51.7 Å². The Balaban J connectivity index is 1.14. The number of piperazine rings is 1. The van der Waals surface area contributed by atoms with E-state index in [1.165, 1.54) is 0 Å². The monoisotopic (exact) mass is 814 g/mol. The minimum Gasteiger partial charge on any atom is -0.465 e. The Bertz CT molecular complexity index is 1560. The molecule has 3 fully saturated rings. The van der Waals surface area contributed by atoms with Gasteiger partial charge in [-0.2, -0.15) is 0 Å². The number of esters is 1. The van der Waals surface area contributed by atoms with Crippen LogP contribution in [-0.2, 0) is 32.1 Å². The highest BCUT2D eigenvalue weighted by Crippen LogP contribution is 2.30. The fourth-order valence-electron chi connectivity index (χ4n) is 7.95. The van der Waals surface area contributed by atoms with E-state index in [1.54, 1.807) is 4.90 Å². The van der Waals surface area contributed by atoms with Crippen LogP contribution in [0.25, 0.3) is 0 Å². The Morgan fingerprint density at radius 1 is 0.900 bits per heavy atom. The number of anilines is 1. The summed E-state index contributed by atoms with van der Waals surface area (Å²) < 4.78 is 7.32. The number of carbonyl (C=O) groups excluding carboxylic acids is 4. The lowest BCUT2D eigenvalue weighted by Gasteiger charge is -2.46. The number of fused-ring (bicyclic) bond motifs is 1. The summed E-state index contributed by atoms with van der Waals surface area (Å²) in [5, 5.41) is 3.01. The van der Waals surface area contributed by atoms with Gasteiger partial charge in [-0.05, 0) is 120 Å². The number of nitrogens with one attached hydrogen (secondary N) is 1. The van der Waals surface area contributed by atoms with Gasteiger partial charge >= 0.3 is 12.0 Å². The van der Waals surface area contributed by atoms with Crippen molar-refractivity contribution in [3.8, 4) is 0 Å². The number of nitrogens with zero attached hydrogens (tertiary/aromatic N) is 5. The first-order chi connectivity index (χ1) is 24.1. The van der Waals surface area contributed by atoms with E-state index in [2.05, 4.69) is 54.0 Å². The Labute approximate surface area is 311 Å². The summed E-state index contributed by atoms with van der Waals surface area (Å²) >= 11 is 7.13. The van der Waals surface area contributed by atoms with Crippen LogP contribution in [0.3, 0.4) is 0 Å². The highest BCUT2D eigenvalue weighted by Gasteiger charge is 2.41. The topological polar surface area (TPSA) is 106 Å².